The second kappa shape index (κ2) is 4.15. The van der Waals surface area contributed by atoms with Crippen LogP contribution in [0.5, 0.6) is 0 Å². The topological polar surface area (TPSA) is 26.0 Å². The first-order valence-corrected chi connectivity index (χ1v) is 6.82. The molecule has 1 saturated carbocycles. The average Bonchev–Trinajstić information content (AvgIpc) is 2.97. The summed E-state index contributed by atoms with van der Waals surface area (Å²) in [6, 6.07) is 6.90. The smallest absolute Gasteiger partial charge is 0.0178 e. The van der Waals surface area contributed by atoms with E-state index in [0.717, 1.165) is 0 Å². The highest BCUT2D eigenvalue weighted by molar-refractivity contribution is 9.10. The second-order valence-corrected chi connectivity index (χ2v) is 6.25. The molecule has 1 unspecified atom stereocenters. The molecule has 88 valence electrons. The minimum Gasteiger partial charge on any atom is -0.327 e. The van der Waals surface area contributed by atoms with Crippen LogP contribution < -0.4 is 5.73 Å². The molecule has 0 amide bonds. The molecule has 0 spiro atoms. The van der Waals surface area contributed by atoms with Crippen LogP contribution >= 0.6 is 15.9 Å². The fourth-order valence-electron chi connectivity index (χ4n) is 2.57. The Hall–Kier alpha value is -0.340. The van der Waals surface area contributed by atoms with Gasteiger partial charge < -0.3 is 5.73 Å². The van der Waals surface area contributed by atoms with Gasteiger partial charge in [-0.15, -0.1) is 0 Å². The molecule has 1 aromatic carbocycles. The van der Waals surface area contributed by atoms with E-state index >= 15 is 0 Å². The maximum absolute atomic E-state index is 6.17. The van der Waals surface area contributed by atoms with Crippen molar-refractivity contribution in [3.8, 4) is 0 Å². The van der Waals surface area contributed by atoms with Crippen LogP contribution in [0.1, 0.15) is 50.7 Å². The normalized spacial score (nSPS) is 19.9. The summed E-state index contributed by atoms with van der Waals surface area (Å²) in [5.74, 6) is 0.569. The van der Waals surface area contributed by atoms with Gasteiger partial charge in [0, 0.05) is 15.9 Å². The van der Waals surface area contributed by atoms with Crippen molar-refractivity contribution in [1.82, 2.24) is 0 Å². The summed E-state index contributed by atoms with van der Waals surface area (Å²) >= 11 is 3.57. The van der Waals surface area contributed by atoms with Gasteiger partial charge in [-0.3, -0.25) is 0 Å². The molecule has 2 heteroatoms. The number of nitrogens with two attached hydrogens (primary N) is 1. The third-order valence-corrected chi connectivity index (χ3v) is 4.33. The van der Waals surface area contributed by atoms with Crippen molar-refractivity contribution in [2.45, 2.75) is 51.0 Å². The Morgan fingerprint density at radius 3 is 2.31 bits per heavy atom. The van der Waals surface area contributed by atoms with Crippen LogP contribution in [0.25, 0.3) is 0 Å². The fraction of sp³-hybridized carbons (Fsp3) is 0.571. The zero-order valence-electron chi connectivity index (χ0n) is 10.3. The molecule has 1 nitrogen and oxygen atoms in total. The molecule has 1 fully saturated rings. The Morgan fingerprint density at radius 1 is 1.25 bits per heavy atom. The Morgan fingerprint density at radius 2 is 1.88 bits per heavy atom. The summed E-state index contributed by atoms with van der Waals surface area (Å²) in [7, 11) is 0. The SMILES string of the molecule is CC(C)c1ccc(Br)cc1C1(C(C)N)CC1. The maximum Gasteiger partial charge on any atom is 0.0178 e. The van der Waals surface area contributed by atoms with E-state index in [1.54, 1.807) is 0 Å². The molecule has 2 rings (SSSR count). The monoisotopic (exact) mass is 281 g/mol. The molecule has 2 N–H and O–H groups in total. The van der Waals surface area contributed by atoms with E-state index < -0.39 is 0 Å². The number of hydrogen-bond donors (Lipinski definition) is 1. The van der Waals surface area contributed by atoms with Crippen molar-refractivity contribution in [2.75, 3.05) is 0 Å². The molecule has 1 aliphatic rings. The van der Waals surface area contributed by atoms with Crippen LogP contribution in [-0.2, 0) is 5.41 Å². The largest absolute Gasteiger partial charge is 0.327 e. The van der Waals surface area contributed by atoms with Crippen molar-refractivity contribution < 1.29 is 0 Å². The highest BCUT2D eigenvalue weighted by Gasteiger charge is 2.48. The first kappa shape index (κ1) is 12.1. The molecular formula is C14H20BrN. The fourth-order valence-corrected chi connectivity index (χ4v) is 2.93. The van der Waals surface area contributed by atoms with Gasteiger partial charge >= 0.3 is 0 Å². The Balaban J connectivity index is 2.50. The predicted octanol–water partition coefficient (Wildman–Crippen LogP) is 3.95. The maximum atomic E-state index is 6.17. The Bertz CT molecular complexity index is 392. The molecule has 0 bridgehead atoms. The van der Waals surface area contributed by atoms with Gasteiger partial charge in [-0.2, -0.15) is 0 Å². The van der Waals surface area contributed by atoms with E-state index in [1.165, 1.54) is 28.4 Å². The summed E-state index contributed by atoms with van der Waals surface area (Å²) in [5.41, 5.74) is 9.34. The van der Waals surface area contributed by atoms with Crippen molar-refractivity contribution in [1.29, 1.82) is 0 Å². The lowest BCUT2D eigenvalue weighted by Gasteiger charge is -2.25. The lowest BCUT2D eigenvalue weighted by Crippen LogP contribution is -2.32. The Kier molecular flexibility index (Phi) is 3.15. The van der Waals surface area contributed by atoms with Crippen LogP contribution in [0, 0.1) is 0 Å². The summed E-state index contributed by atoms with van der Waals surface area (Å²) in [6.07, 6.45) is 2.47. The van der Waals surface area contributed by atoms with Crippen LogP contribution in [0.4, 0.5) is 0 Å². The summed E-state index contributed by atoms with van der Waals surface area (Å²) < 4.78 is 1.17. The highest BCUT2D eigenvalue weighted by Crippen LogP contribution is 2.52. The molecule has 16 heavy (non-hydrogen) atoms. The summed E-state index contributed by atoms with van der Waals surface area (Å²) in [5, 5.41) is 0. The van der Waals surface area contributed by atoms with E-state index in [9.17, 15) is 0 Å². The van der Waals surface area contributed by atoms with Gasteiger partial charge in [-0.25, -0.2) is 0 Å². The van der Waals surface area contributed by atoms with Gasteiger partial charge in [0.2, 0.25) is 0 Å². The van der Waals surface area contributed by atoms with E-state index in [0.29, 0.717) is 5.92 Å². The van der Waals surface area contributed by atoms with Crippen LogP contribution in [-0.4, -0.2) is 6.04 Å². The summed E-state index contributed by atoms with van der Waals surface area (Å²) in [6.45, 7) is 6.64. The highest BCUT2D eigenvalue weighted by atomic mass is 79.9. The molecule has 1 aliphatic carbocycles. The van der Waals surface area contributed by atoms with Crippen molar-refractivity contribution in [3.63, 3.8) is 0 Å². The van der Waals surface area contributed by atoms with Gasteiger partial charge in [0.1, 0.15) is 0 Å². The molecule has 1 aromatic rings. The standard InChI is InChI=1S/C14H20BrN/c1-9(2)12-5-4-11(15)8-13(12)14(6-7-14)10(3)16/h4-5,8-10H,6-7,16H2,1-3H3. The van der Waals surface area contributed by atoms with Gasteiger partial charge in [-0.1, -0.05) is 35.8 Å². The molecule has 0 saturated heterocycles. The first-order valence-electron chi connectivity index (χ1n) is 6.03. The molecular weight excluding hydrogens is 262 g/mol. The second-order valence-electron chi connectivity index (χ2n) is 5.33. The molecule has 0 aromatic heterocycles. The molecule has 0 radical (unpaired) electrons. The number of hydrogen-bond acceptors (Lipinski definition) is 1. The van der Waals surface area contributed by atoms with Crippen molar-refractivity contribution in [3.05, 3.63) is 33.8 Å². The van der Waals surface area contributed by atoms with Crippen molar-refractivity contribution in [2.24, 2.45) is 5.73 Å². The lowest BCUT2D eigenvalue weighted by atomic mass is 9.83. The third kappa shape index (κ3) is 1.93. The van der Waals surface area contributed by atoms with Crippen molar-refractivity contribution >= 4 is 15.9 Å². The van der Waals surface area contributed by atoms with Crippen LogP contribution in [0.2, 0.25) is 0 Å². The molecule has 0 aliphatic heterocycles. The zero-order valence-corrected chi connectivity index (χ0v) is 11.8. The van der Waals surface area contributed by atoms with E-state index in [2.05, 4.69) is 54.9 Å². The van der Waals surface area contributed by atoms with Gasteiger partial charge in [0.05, 0.1) is 0 Å². The van der Waals surface area contributed by atoms with Crippen LogP contribution in [0.15, 0.2) is 22.7 Å². The summed E-state index contributed by atoms with van der Waals surface area (Å²) in [4.78, 5) is 0. The van der Waals surface area contributed by atoms with Gasteiger partial charge in [-0.05, 0) is 48.9 Å². The van der Waals surface area contributed by atoms with E-state index in [1.807, 2.05) is 0 Å². The average molecular weight is 282 g/mol. The third-order valence-electron chi connectivity index (χ3n) is 3.83. The predicted molar refractivity (Wildman–Crippen MR) is 72.8 cm³/mol. The number of benzene rings is 1. The van der Waals surface area contributed by atoms with Crippen LogP contribution in [0.3, 0.4) is 0 Å². The van der Waals surface area contributed by atoms with Gasteiger partial charge in [0.25, 0.3) is 0 Å². The Labute approximate surface area is 107 Å². The quantitative estimate of drug-likeness (QED) is 0.892. The van der Waals surface area contributed by atoms with E-state index in [-0.39, 0.29) is 11.5 Å². The number of rotatable bonds is 3. The van der Waals surface area contributed by atoms with E-state index in [4.69, 9.17) is 5.73 Å². The minimum absolute atomic E-state index is 0.249. The first-order chi connectivity index (χ1) is 7.47. The number of halogens is 1. The molecule has 0 heterocycles. The molecule has 1 atom stereocenters. The zero-order chi connectivity index (χ0) is 11.9. The van der Waals surface area contributed by atoms with Gasteiger partial charge in [0.15, 0.2) is 0 Å². The minimum atomic E-state index is 0.249. The lowest BCUT2D eigenvalue weighted by molar-refractivity contribution is 0.548.